The maximum absolute atomic E-state index is 2.55. The first-order valence-corrected chi connectivity index (χ1v) is 20.5. The zero-order valence-electron chi connectivity index (χ0n) is 31.5. The second-order valence-corrected chi connectivity index (χ2v) is 16.1. The molecule has 7 aliphatic carbocycles. The molecule has 0 saturated carbocycles. The van der Waals surface area contributed by atoms with Crippen LogP contribution < -0.4 is 0 Å². The van der Waals surface area contributed by atoms with Gasteiger partial charge in [0.1, 0.15) is 0 Å². The average molecular weight is 717 g/mol. The zero-order chi connectivity index (χ0) is 37.0. The Bertz CT molecular complexity index is 2690. The first kappa shape index (κ1) is 33.1. The molecule has 0 aromatic heterocycles. The molecule has 0 heterocycles. The van der Waals surface area contributed by atoms with Crippen molar-refractivity contribution in [2.45, 2.75) is 12.8 Å². The van der Waals surface area contributed by atoms with E-state index in [0.29, 0.717) is 35.5 Å². The summed E-state index contributed by atoms with van der Waals surface area (Å²) in [5, 5.41) is 5.29. The van der Waals surface area contributed by atoms with Gasteiger partial charge in [0.05, 0.1) is 0 Å². The molecule has 0 spiro atoms. The molecule has 4 aromatic rings. The lowest BCUT2D eigenvalue weighted by atomic mass is 9.68. The van der Waals surface area contributed by atoms with E-state index in [1.165, 1.54) is 77.2 Å². The van der Waals surface area contributed by atoms with Gasteiger partial charge in [-0.25, -0.2) is 0 Å². The van der Waals surface area contributed by atoms with Crippen LogP contribution in [0.5, 0.6) is 0 Å². The van der Waals surface area contributed by atoms with Crippen LogP contribution >= 0.6 is 0 Å². The van der Waals surface area contributed by atoms with Crippen LogP contribution in [0.2, 0.25) is 0 Å². The summed E-state index contributed by atoms with van der Waals surface area (Å²) >= 11 is 0. The quantitative estimate of drug-likeness (QED) is 0.180. The maximum atomic E-state index is 2.55. The average Bonchev–Trinajstić information content (AvgIpc) is 3.27. The van der Waals surface area contributed by atoms with Crippen molar-refractivity contribution in [3.05, 3.63) is 239 Å². The SMILES string of the molecule is C1=CC2C=CC=C(C3=CC=C(C=Cc4ccc(-c5c6ccccc6c(C6=CC7=C(C=CCC7)C7C=CC=CC67)c6ccccc56)cc4)C4C=CC=CC34)C2C=C1. The Labute approximate surface area is 330 Å². The van der Waals surface area contributed by atoms with Gasteiger partial charge in [0.2, 0.25) is 0 Å². The van der Waals surface area contributed by atoms with E-state index in [4.69, 9.17) is 0 Å². The Morgan fingerprint density at radius 3 is 1.79 bits per heavy atom. The molecule has 6 unspecified atom stereocenters. The summed E-state index contributed by atoms with van der Waals surface area (Å²) in [5.41, 5.74) is 13.9. The van der Waals surface area contributed by atoms with Crippen molar-refractivity contribution in [3.63, 3.8) is 0 Å². The van der Waals surface area contributed by atoms with Crippen molar-refractivity contribution in [1.82, 2.24) is 0 Å². The van der Waals surface area contributed by atoms with Crippen LogP contribution in [0.4, 0.5) is 0 Å². The summed E-state index contributed by atoms with van der Waals surface area (Å²) in [6.07, 6.45) is 53.5. The summed E-state index contributed by atoms with van der Waals surface area (Å²) in [6, 6.07) is 27.5. The van der Waals surface area contributed by atoms with Crippen molar-refractivity contribution in [3.8, 4) is 11.1 Å². The molecule has 0 saturated heterocycles. The minimum absolute atomic E-state index is 0.322. The summed E-state index contributed by atoms with van der Waals surface area (Å²) in [7, 11) is 0. The van der Waals surface area contributed by atoms with Gasteiger partial charge in [0.15, 0.2) is 0 Å². The lowest BCUT2D eigenvalue weighted by Crippen LogP contribution is -2.25. The highest BCUT2D eigenvalue weighted by atomic mass is 14.4. The second kappa shape index (κ2) is 13.8. The Hall–Kier alpha value is -6.24. The highest BCUT2D eigenvalue weighted by Gasteiger charge is 2.35. The fourth-order valence-electron chi connectivity index (χ4n) is 10.5. The van der Waals surface area contributed by atoms with E-state index in [9.17, 15) is 0 Å². The van der Waals surface area contributed by atoms with Gasteiger partial charge in [-0.1, -0.05) is 206 Å². The monoisotopic (exact) mass is 716 g/mol. The molecule has 0 bridgehead atoms. The number of rotatable bonds is 5. The van der Waals surface area contributed by atoms with Gasteiger partial charge in [0.25, 0.3) is 0 Å². The van der Waals surface area contributed by atoms with E-state index in [1.807, 2.05) is 0 Å². The van der Waals surface area contributed by atoms with Crippen LogP contribution in [0, 0.1) is 35.5 Å². The molecule has 0 nitrogen and oxygen atoms in total. The van der Waals surface area contributed by atoms with E-state index < -0.39 is 0 Å². The number of allylic oxidation sites excluding steroid dienone is 27. The Balaban J connectivity index is 0.957. The van der Waals surface area contributed by atoms with Gasteiger partial charge >= 0.3 is 0 Å². The Kier molecular flexibility index (Phi) is 8.17. The Morgan fingerprint density at radius 1 is 0.464 bits per heavy atom. The highest BCUT2D eigenvalue weighted by Crippen LogP contribution is 2.51. The van der Waals surface area contributed by atoms with Crippen molar-refractivity contribution in [2.75, 3.05) is 0 Å². The lowest BCUT2D eigenvalue weighted by Gasteiger charge is -2.36. The third-order valence-corrected chi connectivity index (χ3v) is 13.1. The van der Waals surface area contributed by atoms with Crippen molar-refractivity contribution in [1.29, 1.82) is 0 Å². The van der Waals surface area contributed by atoms with Crippen LogP contribution in [0.3, 0.4) is 0 Å². The second-order valence-electron chi connectivity index (χ2n) is 16.1. The molecule has 0 radical (unpaired) electrons. The van der Waals surface area contributed by atoms with Gasteiger partial charge in [-0.15, -0.1) is 0 Å². The molecule has 6 atom stereocenters. The first-order chi connectivity index (χ1) is 27.8. The molecule has 0 amide bonds. The summed E-state index contributed by atoms with van der Waals surface area (Å²) in [4.78, 5) is 0. The third kappa shape index (κ3) is 5.50. The van der Waals surface area contributed by atoms with Crippen LogP contribution in [0.15, 0.2) is 228 Å². The predicted octanol–water partition coefficient (Wildman–Crippen LogP) is 14.2. The minimum Gasteiger partial charge on any atom is -0.0839 e. The smallest absolute Gasteiger partial charge is 0.0131 e. The molecule has 11 rings (SSSR count). The summed E-state index contributed by atoms with van der Waals surface area (Å²) in [6.45, 7) is 0. The van der Waals surface area contributed by atoms with E-state index in [0.717, 1.165) is 12.8 Å². The van der Waals surface area contributed by atoms with Gasteiger partial charge < -0.3 is 0 Å². The lowest BCUT2D eigenvalue weighted by molar-refractivity contribution is 0.564. The molecule has 0 heteroatoms. The molecular formula is C56H44. The highest BCUT2D eigenvalue weighted by molar-refractivity contribution is 6.19. The normalized spacial score (nSPS) is 26.9. The van der Waals surface area contributed by atoms with Crippen LogP contribution in [-0.4, -0.2) is 0 Å². The van der Waals surface area contributed by atoms with Crippen molar-refractivity contribution >= 4 is 33.2 Å². The van der Waals surface area contributed by atoms with Crippen molar-refractivity contribution in [2.24, 2.45) is 35.5 Å². The summed E-state index contributed by atoms with van der Waals surface area (Å²) < 4.78 is 0. The number of fused-ring (bicyclic) bond motifs is 6. The fraction of sp³-hybridized carbons (Fsp3) is 0.143. The van der Waals surface area contributed by atoms with Crippen LogP contribution in [-0.2, 0) is 0 Å². The fourth-order valence-corrected chi connectivity index (χ4v) is 10.5. The molecule has 0 fully saturated rings. The van der Waals surface area contributed by atoms with Gasteiger partial charge in [-0.05, 0) is 90.1 Å². The van der Waals surface area contributed by atoms with Crippen LogP contribution in [0.25, 0.3) is 44.3 Å². The molecular weight excluding hydrogens is 673 g/mol. The molecule has 268 valence electrons. The van der Waals surface area contributed by atoms with E-state index in [2.05, 4.69) is 206 Å². The van der Waals surface area contributed by atoms with Crippen molar-refractivity contribution < 1.29 is 0 Å². The topological polar surface area (TPSA) is 0 Å². The molecule has 4 aromatic carbocycles. The molecule has 7 aliphatic rings. The molecule has 56 heavy (non-hydrogen) atoms. The molecule has 0 aliphatic heterocycles. The predicted molar refractivity (Wildman–Crippen MR) is 238 cm³/mol. The zero-order valence-corrected chi connectivity index (χ0v) is 31.5. The standard InChI is InChI=1S/C56H44/c1-3-17-42-38(14-1)16-13-27-47(42)49-35-34-39(43-18-5-6-20-45(43)49)31-28-37-29-32-40(33-30-37)55-50-23-9-11-25-52(50)56(53-26-12-10-24-51(53)55)54-36-41-15-2-4-19-44(41)46-21-7-8-22-48(46)54/h1,3-14,16-36,38,42-43,45-46,48H,2,15H2. The third-order valence-electron chi connectivity index (χ3n) is 13.1. The van der Waals surface area contributed by atoms with Gasteiger partial charge in [-0.3, -0.25) is 0 Å². The number of hydrogen-bond donors (Lipinski definition) is 0. The summed E-state index contributed by atoms with van der Waals surface area (Å²) in [5.74, 6) is 2.23. The Morgan fingerprint density at radius 2 is 1.05 bits per heavy atom. The number of hydrogen-bond acceptors (Lipinski definition) is 0. The minimum atomic E-state index is 0.322. The van der Waals surface area contributed by atoms with E-state index in [-0.39, 0.29) is 0 Å². The van der Waals surface area contributed by atoms with E-state index >= 15 is 0 Å². The van der Waals surface area contributed by atoms with E-state index in [1.54, 1.807) is 0 Å². The first-order valence-electron chi connectivity index (χ1n) is 20.5. The largest absolute Gasteiger partial charge is 0.0839 e. The van der Waals surface area contributed by atoms with Gasteiger partial charge in [-0.2, -0.15) is 0 Å². The van der Waals surface area contributed by atoms with Gasteiger partial charge in [0, 0.05) is 35.5 Å². The van der Waals surface area contributed by atoms with Crippen LogP contribution in [0.1, 0.15) is 24.0 Å². The number of benzene rings is 4. The molecule has 0 N–H and O–H groups in total. The maximum Gasteiger partial charge on any atom is 0.0131 e.